The first-order valence-electron chi connectivity index (χ1n) is 9.30. The lowest BCUT2D eigenvalue weighted by Gasteiger charge is -2.25. The van der Waals surface area contributed by atoms with Gasteiger partial charge in [-0.1, -0.05) is 41.9 Å². The van der Waals surface area contributed by atoms with Gasteiger partial charge in [0.1, 0.15) is 12.0 Å². The molecule has 1 amide bonds. The highest BCUT2D eigenvalue weighted by atomic mass is 127. The molecule has 0 aliphatic carbocycles. The summed E-state index contributed by atoms with van der Waals surface area (Å²) in [6.07, 6.45) is 0. The molecule has 0 radical (unpaired) electrons. The van der Waals surface area contributed by atoms with E-state index in [1.165, 1.54) is 0 Å². The van der Waals surface area contributed by atoms with Crippen molar-refractivity contribution in [3.63, 3.8) is 0 Å². The van der Waals surface area contributed by atoms with Gasteiger partial charge in [0, 0.05) is 10.7 Å². The number of benzene rings is 3. The summed E-state index contributed by atoms with van der Waals surface area (Å²) in [6.45, 7) is 0.458. The predicted molar refractivity (Wildman–Crippen MR) is 131 cm³/mol. The van der Waals surface area contributed by atoms with E-state index in [9.17, 15) is 4.79 Å². The van der Waals surface area contributed by atoms with Gasteiger partial charge in [-0.25, -0.2) is 0 Å². The molecule has 4 nitrogen and oxygen atoms in total. The highest BCUT2D eigenvalue weighted by Crippen LogP contribution is 2.45. The van der Waals surface area contributed by atoms with Crippen LogP contribution in [0.3, 0.4) is 0 Å². The Kier molecular flexibility index (Phi) is 6.75. The van der Waals surface area contributed by atoms with Gasteiger partial charge in [0.05, 0.1) is 16.4 Å². The molecule has 154 valence electrons. The molecule has 7 heteroatoms. The second kappa shape index (κ2) is 9.49. The van der Waals surface area contributed by atoms with Crippen LogP contribution in [0, 0.1) is 3.57 Å². The number of methoxy groups -OCH3 is 1. The third-order valence-corrected chi connectivity index (χ3v) is 7.00. The Balaban J connectivity index is 1.63. The molecule has 1 aliphatic rings. The maximum absolute atomic E-state index is 12.6. The summed E-state index contributed by atoms with van der Waals surface area (Å²) in [7, 11) is 1.63. The second-order valence-corrected chi connectivity index (χ2v) is 9.38. The lowest BCUT2D eigenvalue weighted by atomic mass is 10.1. The lowest BCUT2D eigenvalue weighted by Crippen LogP contribution is -2.27. The number of hydrogen-bond acceptors (Lipinski definition) is 4. The smallest absolute Gasteiger partial charge is 0.238 e. The Bertz CT molecular complexity index is 1050. The lowest BCUT2D eigenvalue weighted by molar-refractivity contribution is -0.115. The summed E-state index contributed by atoms with van der Waals surface area (Å²) >= 11 is 9.88. The van der Waals surface area contributed by atoms with Crippen LogP contribution in [0.15, 0.2) is 66.7 Å². The van der Waals surface area contributed by atoms with Crippen molar-refractivity contribution in [1.82, 2.24) is 0 Å². The first-order chi connectivity index (χ1) is 14.6. The number of nitrogens with zero attached hydrogens (tertiary/aromatic N) is 1. The van der Waals surface area contributed by atoms with Crippen molar-refractivity contribution in [1.29, 1.82) is 0 Å². The maximum atomic E-state index is 12.6. The van der Waals surface area contributed by atoms with Crippen LogP contribution in [0.25, 0.3) is 0 Å². The Morgan fingerprint density at radius 3 is 2.57 bits per heavy atom. The average molecular weight is 552 g/mol. The fourth-order valence-corrected chi connectivity index (χ4v) is 5.37. The van der Waals surface area contributed by atoms with Crippen LogP contribution in [0.2, 0.25) is 5.02 Å². The van der Waals surface area contributed by atoms with Gasteiger partial charge in [-0.3, -0.25) is 9.69 Å². The molecule has 0 saturated carbocycles. The van der Waals surface area contributed by atoms with Crippen molar-refractivity contribution in [2.24, 2.45) is 0 Å². The number of anilines is 1. The quantitative estimate of drug-likeness (QED) is 0.337. The van der Waals surface area contributed by atoms with E-state index in [0.717, 1.165) is 20.4 Å². The number of halogens is 2. The zero-order chi connectivity index (χ0) is 21.1. The van der Waals surface area contributed by atoms with Crippen LogP contribution in [-0.4, -0.2) is 18.8 Å². The van der Waals surface area contributed by atoms with Gasteiger partial charge in [-0.2, -0.15) is 0 Å². The van der Waals surface area contributed by atoms with Gasteiger partial charge in [0.25, 0.3) is 0 Å². The van der Waals surface area contributed by atoms with Crippen LogP contribution in [0.5, 0.6) is 11.5 Å². The molecule has 1 fully saturated rings. The Morgan fingerprint density at radius 2 is 1.87 bits per heavy atom. The molecule has 0 N–H and O–H groups in total. The summed E-state index contributed by atoms with van der Waals surface area (Å²) < 4.78 is 12.7. The Morgan fingerprint density at radius 1 is 1.13 bits per heavy atom. The SMILES string of the molecule is COc1cc([C@@H]2SCC(=O)N2c2ccc(Cl)cc2)cc(I)c1OCc1ccccc1. The molecule has 0 aromatic heterocycles. The summed E-state index contributed by atoms with van der Waals surface area (Å²) in [5.41, 5.74) is 2.91. The predicted octanol–water partition coefficient (Wildman–Crippen LogP) is 6.31. The van der Waals surface area contributed by atoms with E-state index in [-0.39, 0.29) is 11.3 Å². The highest BCUT2D eigenvalue weighted by molar-refractivity contribution is 14.1. The molecule has 1 aliphatic heterocycles. The van der Waals surface area contributed by atoms with Crippen LogP contribution < -0.4 is 14.4 Å². The standard InChI is InChI=1S/C23H19ClINO3S/c1-28-20-12-16(11-19(25)22(20)29-13-15-5-3-2-4-6-15)23-26(21(27)14-30-23)18-9-7-17(24)8-10-18/h2-12,23H,13-14H2,1H3/t23-/m0/s1. The van der Waals surface area contributed by atoms with Crippen molar-refractivity contribution in [3.8, 4) is 11.5 Å². The minimum atomic E-state index is -0.135. The monoisotopic (exact) mass is 551 g/mol. The molecule has 0 bridgehead atoms. The van der Waals surface area contributed by atoms with Crippen molar-refractivity contribution in [3.05, 3.63) is 86.4 Å². The van der Waals surface area contributed by atoms with E-state index in [1.54, 1.807) is 31.0 Å². The molecule has 1 heterocycles. The summed E-state index contributed by atoms with van der Waals surface area (Å²) in [6, 6.07) is 21.4. The third kappa shape index (κ3) is 4.55. The first-order valence-corrected chi connectivity index (χ1v) is 11.8. The van der Waals surface area contributed by atoms with E-state index in [2.05, 4.69) is 28.7 Å². The largest absolute Gasteiger partial charge is 0.493 e. The fraction of sp³-hybridized carbons (Fsp3) is 0.174. The van der Waals surface area contributed by atoms with E-state index in [0.29, 0.717) is 28.9 Å². The fourth-order valence-electron chi connectivity index (χ4n) is 3.30. The first kappa shape index (κ1) is 21.3. The minimum Gasteiger partial charge on any atom is -0.493 e. The average Bonchev–Trinajstić information content (AvgIpc) is 3.15. The van der Waals surface area contributed by atoms with Crippen molar-refractivity contribution in [2.45, 2.75) is 12.0 Å². The van der Waals surface area contributed by atoms with Crippen molar-refractivity contribution in [2.75, 3.05) is 17.8 Å². The molecular weight excluding hydrogens is 533 g/mol. The van der Waals surface area contributed by atoms with Crippen LogP contribution >= 0.6 is 46.0 Å². The molecule has 0 unspecified atom stereocenters. The van der Waals surface area contributed by atoms with Gasteiger partial charge in [-0.15, -0.1) is 11.8 Å². The molecule has 1 atom stereocenters. The zero-order valence-electron chi connectivity index (χ0n) is 16.2. The summed E-state index contributed by atoms with van der Waals surface area (Å²) in [5.74, 6) is 1.87. The van der Waals surface area contributed by atoms with E-state index >= 15 is 0 Å². The molecule has 3 aromatic rings. The molecule has 0 spiro atoms. The topological polar surface area (TPSA) is 38.8 Å². The van der Waals surface area contributed by atoms with Gasteiger partial charge in [-0.05, 0) is 70.1 Å². The normalized spacial score (nSPS) is 16.0. The molecule has 4 rings (SSSR count). The summed E-state index contributed by atoms with van der Waals surface area (Å²) in [5, 5.41) is 0.509. The Hall–Kier alpha value is -1.90. The molecule has 3 aromatic carbocycles. The van der Waals surface area contributed by atoms with E-state index in [4.69, 9.17) is 21.1 Å². The number of thioether (sulfide) groups is 1. The van der Waals surface area contributed by atoms with Crippen LogP contribution in [0.4, 0.5) is 5.69 Å². The number of carbonyl (C=O) groups is 1. The van der Waals surface area contributed by atoms with Crippen molar-refractivity contribution < 1.29 is 14.3 Å². The van der Waals surface area contributed by atoms with Gasteiger partial charge in [0.15, 0.2) is 11.5 Å². The van der Waals surface area contributed by atoms with Gasteiger partial charge in [0.2, 0.25) is 5.91 Å². The van der Waals surface area contributed by atoms with Crippen LogP contribution in [-0.2, 0) is 11.4 Å². The van der Waals surface area contributed by atoms with Crippen molar-refractivity contribution >= 4 is 57.5 Å². The Labute approximate surface area is 198 Å². The number of amides is 1. The minimum absolute atomic E-state index is 0.0747. The zero-order valence-corrected chi connectivity index (χ0v) is 19.9. The van der Waals surface area contributed by atoms with Gasteiger partial charge < -0.3 is 9.47 Å². The van der Waals surface area contributed by atoms with E-state index < -0.39 is 0 Å². The second-order valence-electron chi connectivity index (χ2n) is 6.71. The number of hydrogen-bond donors (Lipinski definition) is 0. The third-order valence-electron chi connectivity index (χ3n) is 4.74. The van der Waals surface area contributed by atoms with E-state index in [1.807, 2.05) is 53.4 Å². The molecule has 1 saturated heterocycles. The van der Waals surface area contributed by atoms with Crippen LogP contribution in [0.1, 0.15) is 16.5 Å². The number of carbonyl (C=O) groups excluding carboxylic acids is 1. The molecule has 30 heavy (non-hydrogen) atoms. The summed E-state index contributed by atoms with van der Waals surface area (Å²) in [4.78, 5) is 14.4. The van der Waals surface area contributed by atoms with Gasteiger partial charge >= 0.3 is 0 Å². The highest BCUT2D eigenvalue weighted by Gasteiger charge is 2.35. The molecular formula is C23H19ClINO3S. The maximum Gasteiger partial charge on any atom is 0.238 e. The number of rotatable bonds is 6. The number of ether oxygens (including phenoxy) is 2.